The topological polar surface area (TPSA) is 215 Å². The minimum Gasteiger partial charge on any atom is -0.459 e. The second kappa shape index (κ2) is 24.9. The van der Waals surface area contributed by atoms with E-state index in [0.29, 0.717) is 0 Å². The third-order valence-corrected chi connectivity index (χ3v) is 12.7. The van der Waals surface area contributed by atoms with Crippen LogP contribution < -0.4 is 0 Å². The third-order valence-electron chi connectivity index (χ3n) is 11.8. The summed E-state index contributed by atoms with van der Waals surface area (Å²) >= 11 is 0. The number of esters is 6. The summed E-state index contributed by atoms with van der Waals surface area (Å²) in [6.45, 7) is 4.23. The summed E-state index contributed by atoms with van der Waals surface area (Å²) in [6, 6.07) is 47.7. The zero-order chi connectivity index (χ0) is 52.9. The quantitative estimate of drug-likeness (QED) is 0.0497. The Labute approximate surface area is 433 Å². The minimum atomic E-state index is -2.72. The molecule has 6 aromatic carbocycles. The van der Waals surface area contributed by atoms with Gasteiger partial charge in [0, 0.05) is 0 Å². The Morgan fingerprint density at radius 2 is 0.693 bits per heavy atom. The second-order valence-corrected chi connectivity index (χ2v) is 22.7. The summed E-state index contributed by atoms with van der Waals surface area (Å²) in [6.07, 6.45) is -16.4. The minimum absolute atomic E-state index is 0.0650. The number of hydrogen-bond acceptors (Lipinski definition) is 17. The van der Waals surface area contributed by atoms with E-state index in [9.17, 15) is 33.9 Å². The molecule has 18 heteroatoms. The summed E-state index contributed by atoms with van der Waals surface area (Å²) < 4.78 is 62.3. The van der Waals surface area contributed by atoms with E-state index in [1.165, 1.54) is 72.8 Å². The lowest BCUT2D eigenvalue weighted by molar-refractivity contribution is -0.322. The molecular formula is C57H54O17Si. The van der Waals surface area contributed by atoms with Gasteiger partial charge in [0.25, 0.3) is 0 Å². The molecule has 2 aliphatic rings. The maximum absolute atomic E-state index is 14.2. The van der Waals surface area contributed by atoms with E-state index in [0.717, 1.165) is 0 Å². The summed E-state index contributed by atoms with van der Waals surface area (Å²) in [5.74, 6) is -5.22. The molecule has 0 unspecified atom stereocenters. The van der Waals surface area contributed by atoms with Crippen molar-refractivity contribution < 1.29 is 80.9 Å². The van der Waals surface area contributed by atoms with Crippen molar-refractivity contribution in [1.29, 1.82) is 0 Å². The van der Waals surface area contributed by atoms with Gasteiger partial charge in [-0.15, -0.1) is 0 Å². The van der Waals surface area contributed by atoms with E-state index < -0.39 is 119 Å². The predicted molar refractivity (Wildman–Crippen MR) is 269 cm³/mol. The number of carbonyl (C=O) groups excluding carboxylic acids is 6. The van der Waals surface area contributed by atoms with Gasteiger partial charge in [0.15, 0.2) is 51.4 Å². The van der Waals surface area contributed by atoms with Gasteiger partial charge in [0.2, 0.25) is 0 Å². The number of hydrogen-bond donors (Lipinski definition) is 1. The van der Waals surface area contributed by atoms with Gasteiger partial charge in [-0.1, -0.05) is 109 Å². The Bertz CT molecular complexity index is 2850. The molecule has 388 valence electrons. The average molecular weight is 1040 g/mol. The highest BCUT2D eigenvalue weighted by Gasteiger charge is 2.56. The number of benzene rings is 6. The summed E-state index contributed by atoms with van der Waals surface area (Å²) in [5, 5.41) is 11.8. The van der Waals surface area contributed by atoms with Crippen molar-refractivity contribution in [2.45, 2.75) is 81.1 Å². The summed E-state index contributed by atoms with van der Waals surface area (Å²) in [5.41, 5.74) is 0.697. The van der Waals surface area contributed by atoms with E-state index in [1.54, 1.807) is 109 Å². The molecule has 2 saturated heterocycles. The number of aliphatic hydroxyl groups excluding tert-OH is 1. The molecule has 2 aliphatic heterocycles. The molecule has 75 heavy (non-hydrogen) atoms. The number of aliphatic hydroxyl groups is 1. The highest BCUT2D eigenvalue weighted by Crippen LogP contribution is 2.35. The van der Waals surface area contributed by atoms with Gasteiger partial charge in [-0.3, -0.25) is 0 Å². The molecule has 17 nitrogen and oxygen atoms in total. The van der Waals surface area contributed by atoms with Crippen molar-refractivity contribution in [3.8, 4) is 0 Å². The van der Waals surface area contributed by atoms with Gasteiger partial charge in [-0.2, -0.15) is 0 Å². The van der Waals surface area contributed by atoms with E-state index in [2.05, 4.69) is 0 Å². The monoisotopic (exact) mass is 1040 g/mol. The van der Waals surface area contributed by atoms with Gasteiger partial charge in [0.1, 0.15) is 24.9 Å². The number of ether oxygens (including phenoxy) is 9. The Hall–Kier alpha value is -7.84. The van der Waals surface area contributed by atoms with Crippen LogP contribution in [0, 0.1) is 0 Å². The molecular weight excluding hydrogens is 985 g/mol. The molecule has 0 radical (unpaired) electrons. The van der Waals surface area contributed by atoms with Crippen LogP contribution in [0.25, 0.3) is 0 Å². The zero-order valence-corrected chi connectivity index (χ0v) is 42.0. The van der Waals surface area contributed by atoms with Crippen molar-refractivity contribution in [1.82, 2.24) is 0 Å². The smallest absolute Gasteiger partial charge is 0.338 e. The maximum atomic E-state index is 14.2. The Morgan fingerprint density at radius 3 is 1.07 bits per heavy atom. The Balaban J connectivity index is 1.19. The van der Waals surface area contributed by atoms with Crippen LogP contribution >= 0.6 is 0 Å². The maximum Gasteiger partial charge on any atom is 0.338 e. The first kappa shape index (κ1) is 53.4. The lowest BCUT2D eigenvalue weighted by Gasteiger charge is -2.47. The first-order valence-electron chi connectivity index (χ1n) is 24.0. The molecule has 2 heterocycles. The number of carbonyl (C=O) groups is 6. The molecule has 2 fully saturated rings. The van der Waals surface area contributed by atoms with Crippen LogP contribution in [0.3, 0.4) is 0 Å². The normalized spacial score (nSPS) is 23.4. The van der Waals surface area contributed by atoms with Crippen molar-refractivity contribution in [2.75, 3.05) is 13.2 Å². The highest BCUT2D eigenvalue weighted by molar-refractivity contribution is 6.69. The molecule has 8 rings (SSSR count). The molecule has 0 amide bonds. The van der Waals surface area contributed by atoms with Crippen LogP contribution in [0.5, 0.6) is 0 Å². The first-order chi connectivity index (χ1) is 36.2. The predicted octanol–water partition coefficient (Wildman–Crippen LogP) is 7.65. The van der Waals surface area contributed by atoms with E-state index in [4.69, 9.17) is 47.1 Å². The molecule has 0 spiro atoms. The van der Waals surface area contributed by atoms with Crippen molar-refractivity contribution in [3.05, 3.63) is 215 Å². The van der Waals surface area contributed by atoms with E-state index >= 15 is 0 Å². The highest BCUT2D eigenvalue weighted by atomic mass is 28.4. The molecule has 10 atom stereocenters. The second-order valence-electron chi connectivity index (χ2n) is 18.3. The largest absolute Gasteiger partial charge is 0.459 e. The zero-order valence-electron chi connectivity index (χ0n) is 41.0. The Morgan fingerprint density at radius 1 is 0.387 bits per heavy atom. The summed E-state index contributed by atoms with van der Waals surface area (Å²) in [7, 11) is -2.72. The standard InChI is InChI=1S/C57H54O17Si/c1-75(2,3)74-47-45(70-52(60)38-26-14-6-15-27-38)42(67-56(64)48(47)72-54(62)40-30-18-8-19-31-40)35-66-57-49(73-55(63)41-32-20-9-21-33-41)46(71-53(61)39-28-16-7-17-29-39)44(69-51(59)37-24-12-5-13-25-37)43(68-57)34-65-50(58)36-22-10-4-11-23-36/h4-33,42-49,56-57,64H,34-35H2,1-3H3/t42-,43-,44-,45-,46+,47+,48+,49+,56+,57+/m1/s1. The molecule has 0 saturated carbocycles. The van der Waals surface area contributed by atoms with Crippen LogP contribution in [-0.4, -0.2) is 124 Å². The van der Waals surface area contributed by atoms with Crippen molar-refractivity contribution in [2.24, 2.45) is 0 Å². The molecule has 0 bridgehead atoms. The fraction of sp³-hybridized carbons (Fsp3) is 0.263. The van der Waals surface area contributed by atoms with Gasteiger partial charge in [-0.25, -0.2) is 28.8 Å². The van der Waals surface area contributed by atoms with Crippen LogP contribution in [0.2, 0.25) is 19.6 Å². The van der Waals surface area contributed by atoms with E-state index in [-0.39, 0.29) is 33.4 Å². The molecule has 0 aromatic heterocycles. The SMILES string of the molecule is C[Si](C)(C)O[C@@H]1[C@H](OC(=O)c2ccccc2)[C@@H](O)O[C@H](CO[C@H]2O[C@H](COC(=O)c3ccccc3)[C@@H](OC(=O)c3ccccc3)[C@H](OC(=O)c3ccccc3)[C@@H]2OC(=O)c2ccccc2)[C@H]1OC(=O)c1ccccc1. The van der Waals surface area contributed by atoms with Gasteiger partial charge < -0.3 is 52.2 Å². The fourth-order valence-electron chi connectivity index (χ4n) is 8.22. The fourth-order valence-corrected chi connectivity index (χ4v) is 9.31. The van der Waals surface area contributed by atoms with Crippen LogP contribution in [0.1, 0.15) is 62.1 Å². The van der Waals surface area contributed by atoms with E-state index in [1.807, 2.05) is 19.6 Å². The van der Waals surface area contributed by atoms with Crippen LogP contribution in [-0.2, 0) is 47.1 Å². The third kappa shape index (κ3) is 14.1. The summed E-state index contributed by atoms with van der Waals surface area (Å²) in [4.78, 5) is 83.7. The average Bonchev–Trinajstić information content (AvgIpc) is 3.43. The first-order valence-corrected chi connectivity index (χ1v) is 27.4. The van der Waals surface area contributed by atoms with Crippen LogP contribution in [0.4, 0.5) is 0 Å². The molecule has 0 aliphatic carbocycles. The molecule has 1 N–H and O–H groups in total. The van der Waals surface area contributed by atoms with Gasteiger partial charge in [0.05, 0.1) is 40.0 Å². The van der Waals surface area contributed by atoms with Gasteiger partial charge in [-0.05, 0) is 92.4 Å². The molecule has 6 aromatic rings. The van der Waals surface area contributed by atoms with Crippen molar-refractivity contribution >= 4 is 44.1 Å². The lowest BCUT2D eigenvalue weighted by Crippen LogP contribution is -2.65. The lowest BCUT2D eigenvalue weighted by atomic mass is 9.97. The van der Waals surface area contributed by atoms with Crippen molar-refractivity contribution in [3.63, 3.8) is 0 Å². The van der Waals surface area contributed by atoms with Crippen LogP contribution in [0.15, 0.2) is 182 Å². The van der Waals surface area contributed by atoms with Gasteiger partial charge >= 0.3 is 35.8 Å². The number of rotatable bonds is 18. The Kier molecular flexibility index (Phi) is 17.8.